The number of hydrogen-bond acceptors (Lipinski definition) is 6. The standard InChI is InChI=1S/C25H27N3OS2/c1-2-3-4-5-8-17-29-20-12-10-19(11-13-20)27-25-28-22(18-30-25)24-15-14-23(31-24)21-9-6-7-16-26-21/h6-7,9-16,18H,2-5,8,17H2,1H3,(H,27,28). The average molecular weight is 450 g/mol. The van der Waals surface area contributed by atoms with Crippen molar-refractivity contribution >= 4 is 33.5 Å². The molecule has 0 aliphatic carbocycles. The highest BCUT2D eigenvalue weighted by molar-refractivity contribution is 7.19. The van der Waals surface area contributed by atoms with Gasteiger partial charge in [-0.25, -0.2) is 4.98 Å². The quantitative estimate of drug-likeness (QED) is 0.235. The summed E-state index contributed by atoms with van der Waals surface area (Å²) in [6.07, 6.45) is 8.07. The fraction of sp³-hybridized carbons (Fsp3) is 0.280. The van der Waals surface area contributed by atoms with Crippen molar-refractivity contribution in [3.8, 4) is 26.9 Å². The first-order valence-corrected chi connectivity index (χ1v) is 12.5. The predicted octanol–water partition coefficient (Wildman–Crippen LogP) is 8.03. The minimum absolute atomic E-state index is 0.785. The second-order valence-electron chi connectivity index (χ2n) is 7.33. The van der Waals surface area contributed by atoms with Crippen LogP contribution in [0.2, 0.25) is 0 Å². The number of thiophene rings is 1. The van der Waals surface area contributed by atoms with Gasteiger partial charge < -0.3 is 10.1 Å². The van der Waals surface area contributed by atoms with Crippen molar-refractivity contribution in [2.24, 2.45) is 0 Å². The molecule has 3 heterocycles. The molecule has 31 heavy (non-hydrogen) atoms. The fourth-order valence-electron chi connectivity index (χ4n) is 3.22. The lowest BCUT2D eigenvalue weighted by Gasteiger charge is -2.07. The highest BCUT2D eigenvalue weighted by atomic mass is 32.1. The van der Waals surface area contributed by atoms with Crippen LogP contribution in [0.4, 0.5) is 10.8 Å². The van der Waals surface area contributed by atoms with Gasteiger partial charge in [0.1, 0.15) is 5.75 Å². The number of benzene rings is 1. The summed E-state index contributed by atoms with van der Waals surface area (Å²) < 4.78 is 5.85. The third-order valence-electron chi connectivity index (χ3n) is 4.90. The van der Waals surface area contributed by atoms with E-state index in [9.17, 15) is 0 Å². The Balaban J connectivity index is 1.30. The molecule has 0 bridgehead atoms. The molecule has 3 aromatic heterocycles. The summed E-state index contributed by atoms with van der Waals surface area (Å²) in [5, 5.41) is 6.37. The van der Waals surface area contributed by atoms with Gasteiger partial charge in [-0.2, -0.15) is 0 Å². The van der Waals surface area contributed by atoms with Crippen LogP contribution in [0.1, 0.15) is 39.0 Å². The van der Waals surface area contributed by atoms with Crippen molar-refractivity contribution in [2.45, 2.75) is 39.0 Å². The highest BCUT2D eigenvalue weighted by Crippen LogP contribution is 2.35. The van der Waals surface area contributed by atoms with Gasteiger partial charge >= 0.3 is 0 Å². The lowest BCUT2D eigenvalue weighted by atomic mass is 10.2. The van der Waals surface area contributed by atoms with Gasteiger partial charge in [0.2, 0.25) is 0 Å². The SMILES string of the molecule is CCCCCCCOc1ccc(Nc2nc(-c3ccc(-c4ccccn4)s3)cs2)cc1. The van der Waals surface area contributed by atoms with E-state index in [-0.39, 0.29) is 0 Å². The fourth-order valence-corrected chi connectivity index (χ4v) is 4.97. The van der Waals surface area contributed by atoms with Crippen LogP contribution >= 0.6 is 22.7 Å². The van der Waals surface area contributed by atoms with Crippen LogP contribution < -0.4 is 10.1 Å². The molecule has 0 radical (unpaired) electrons. The molecular formula is C25H27N3OS2. The van der Waals surface area contributed by atoms with Crippen molar-refractivity contribution in [2.75, 3.05) is 11.9 Å². The summed E-state index contributed by atoms with van der Waals surface area (Å²) in [5.41, 5.74) is 3.00. The van der Waals surface area contributed by atoms with E-state index in [0.29, 0.717) is 0 Å². The van der Waals surface area contributed by atoms with Crippen molar-refractivity contribution < 1.29 is 4.74 Å². The molecule has 4 nitrogen and oxygen atoms in total. The molecular weight excluding hydrogens is 422 g/mol. The van der Waals surface area contributed by atoms with E-state index in [4.69, 9.17) is 9.72 Å². The number of ether oxygens (including phenoxy) is 1. The Morgan fingerprint density at radius 1 is 0.871 bits per heavy atom. The summed E-state index contributed by atoms with van der Waals surface area (Å²) in [5.74, 6) is 0.918. The molecule has 0 fully saturated rings. The monoisotopic (exact) mass is 449 g/mol. The van der Waals surface area contributed by atoms with Gasteiger partial charge in [-0.1, -0.05) is 38.7 Å². The van der Waals surface area contributed by atoms with E-state index in [2.05, 4.69) is 34.7 Å². The minimum atomic E-state index is 0.785. The van der Waals surface area contributed by atoms with Crippen molar-refractivity contribution in [1.82, 2.24) is 9.97 Å². The maximum Gasteiger partial charge on any atom is 0.187 e. The Hall–Kier alpha value is -2.70. The largest absolute Gasteiger partial charge is 0.494 e. The van der Waals surface area contributed by atoms with Crippen LogP contribution in [0.5, 0.6) is 5.75 Å². The number of nitrogens with zero attached hydrogens (tertiary/aromatic N) is 2. The second kappa shape index (κ2) is 11.1. The second-order valence-corrected chi connectivity index (χ2v) is 9.27. The molecule has 160 valence electrons. The molecule has 1 aromatic carbocycles. The van der Waals surface area contributed by atoms with Crippen LogP contribution in [0.25, 0.3) is 21.1 Å². The molecule has 4 aromatic rings. The normalized spacial score (nSPS) is 10.9. The van der Waals surface area contributed by atoms with Gasteiger partial charge in [-0.05, 0) is 55.0 Å². The van der Waals surface area contributed by atoms with Crippen molar-refractivity contribution in [1.29, 1.82) is 0 Å². The van der Waals surface area contributed by atoms with E-state index in [1.165, 1.54) is 25.7 Å². The number of nitrogens with one attached hydrogen (secondary N) is 1. The lowest BCUT2D eigenvalue weighted by molar-refractivity contribution is 0.304. The van der Waals surface area contributed by atoms with Gasteiger partial charge in [0.05, 0.1) is 27.7 Å². The van der Waals surface area contributed by atoms with Crippen LogP contribution in [0.3, 0.4) is 0 Å². The number of pyridine rings is 1. The molecule has 0 aliphatic rings. The minimum Gasteiger partial charge on any atom is -0.494 e. The summed E-state index contributed by atoms with van der Waals surface area (Å²) in [6.45, 7) is 3.02. The molecule has 0 saturated heterocycles. The maximum absolute atomic E-state index is 5.85. The lowest BCUT2D eigenvalue weighted by Crippen LogP contribution is -1.97. The Morgan fingerprint density at radius 2 is 1.68 bits per heavy atom. The average Bonchev–Trinajstić information content (AvgIpc) is 3.48. The third-order valence-corrected chi connectivity index (χ3v) is 6.79. The first kappa shape index (κ1) is 21.5. The summed E-state index contributed by atoms with van der Waals surface area (Å²) in [6, 6.07) is 18.3. The van der Waals surface area contributed by atoms with Crippen LogP contribution in [0, 0.1) is 0 Å². The van der Waals surface area contributed by atoms with Crippen molar-refractivity contribution in [3.05, 3.63) is 66.2 Å². The van der Waals surface area contributed by atoms with Gasteiger partial charge in [-0.15, -0.1) is 22.7 Å². The Labute approximate surface area is 192 Å². The van der Waals surface area contributed by atoms with Gasteiger partial charge in [-0.3, -0.25) is 4.98 Å². The topological polar surface area (TPSA) is 47.0 Å². The number of thiazole rings is 1. The van der Waals surface area contributed by atoms with Crippen LogP contribution in [-0.4, -0.2) is 16.6 Å². The smallest absolute Gasteiger partial charge is 0.187 e. The zero-order chi connectivity index (χ0) is 21.3. The first-order chi connectivity index (χ1) is 15.3. The van der Waals surface area contributed by atoms with E-state index < -0.39 is 0 Å². The molecule has 4 rings (SSSR count). The number of unbranched alkanes of at least 4 members (excludes halogenated alkanes) is 4. The van der Waals surface area contributed by atoms with Crippen molar-refractivity contribution in [3.63, 3.8) is 0 Å². The molecule has 1 N–H and O–H groups in total. The number of aromatic nitrogens is 2. The Morgan fingerprint density at radius 3 is 2.45 bits per heavy atom. The Bertz CT molecular complexity index is 1060. The molecule has 0 saturated carbocycles. The van der Waals surface area contributed by atoms with E-state index in [1.54, 1.807) is 22.7 Å². The Kier molecular flexibility index (Phi) is 7.69. The summed E-state index contributed by atoms with van der Waals surface area (Å²) >= 11 is 3.32. The molecule has 0 unspecified atom stereocenters. The number of hydrogen-bond donors (Lipinski definition) is 1. The number of anilines is 2. The van der Waals surface area contributed by atoms with Crippen LogP contribution in [0.15, 0.2) is 66.2 Å². The summed E-state index contributed by atoms with van der Waals surface area (Å²) in [7, 11) is 0. The third kappa shape index (κ3) is 6.15. The van der Waals surface area contributed by atoms with Gasteiger partial charge in [0.15, 0.2) is 5.13 Å². The first-order valence-electron chi connectivity index (χ1n) is 10.8. The van der Waals surface area contributed by atoms with Gasteiger partial charge in [0.25, 0.3) is 0 Å². The molecule has 6 heteroatoms. The zero-order valence-electron chi connectivity index (χ0n) is 17.7. The molecule has 0 spiro atoms. The summed E-state index contributed by atoms with van der Waals surface area (Å²) in [4.78, 5) is 11.5. The van der Waals surface area contributed by atoms with E-state index >= 15 is 0 Å². The van der Waals surface area contributed by atoms with E-state index in [1.807, 2.05) is 48.7 Å². The molecule has 0 aliphatic heterocycles. The maximum atomic E-state index is 5.85. The molecule has 0 amide bonds. The highest BCUT2D eigenvalue weighted by Gasteiger charge is 2.09. The predicted molar refractivity (Wildman–Crippen MR) is 133 cm³/mol. The van der Waals surface area contributed by atoms with Crippen LogP contribution in [-0.2, 0) is 0 Å². The van der Waals surface area contributed by atoms with Gasteiger partial charge in [0, 0.05) is 17.3 Å². The number of rotatable bonds is 11. The van der Waals surface area contributed by atoms with E-state index in [0.717, 1.165) is 50.7 Å². The zero-order valence-corrected chi connectivity index (χ0v) is 19.3. The molecule has 0 atom stereocenters.